The summed E-state index contributed by atoms with van der Waals surface area (Å²) in [5.41, 5.74) is 15.8. The summed E-state index contributed by atoms with van der Waals surface area (Å²) in [5, 5.41) is 10.7. The van der Waals surface area contributed by atoms with Crippen LogP contribution >= 0.6 is 0 Å². The maximum atomic E-state index is 13.2. The van der Waals surface area contributed by atoms with E-state index in [1.165, 1.54) is 47.8 Å². The van der Waals surface area contributed by atoms with Crippen LogP contribution in [0, 0.1) is 11.8 Å². The summed E-state index contributed by atoms with van der Waals surface area (Å²) < 4.78 is 27.7. The Hall–Kier alpha value is -3.20. The van der Waals surface area contributed by atoms with Crippen molar-refractivity contribution >= 4 is 21.6 Å². The van der Waals surface area contributed by atoms with Gasteiger partial charge >= 0.3 is 0 Å². The van der Waals surface area contributed by atoms with Crippen LogP contribution in [-0.2, 0) is 34.1 Å². The highest BCUT2D eigenvalue weighted by atomic mass is 32.2. The molecule has 40 heavy (non-hydrogen) atoms. The molecule has 8 heteroatoms. The van der Waals surface area contributed by atoms with E-state index in [1.807, 2.05) is 44.2 Å². The highest BCUT2D eigenvalue weighted by Gasteiger charge is 2.29. The van der Waals surface area contributed by atoms with E-state index in [4.69, 9.17) is 11.5 Å². The molecule has 1 aliphatic rings. The van der Waals surface area contributed by atoms with Crippen LogP contribution in [0.25, 0.3) is 0 Å². The molecule has 1 aliphatic carbocycles. The lowest BCUT2D eigenvalue weighted by Crippen LogP contribution is -2.40. The summed E-state index contributed by atoms with van der Waals surface area (Å²) in [5.74, 6) is -0.820. The van der Waals surface area contributed by atoms with Crippen LogP contribution in [0.3, 0.4) is 0 Å². The summed E-state index contributed by atoms with van der Waals surface area (Å²) in [6.45, 7) is 4.17. The predicted octanol–water partition coefficient (Wildman–Crippen LogP) is 4.58. The molecule has 0 spiro atoms. The molecule has 0 saturated heterocycles. The fourth-order valence-corrected chi connectivity index (χ4v) is 6.34. The fourth-order valence-electron chi connectivity index (χ4n) is 4.85. The van der Waals surface area contributed by atoms with Crippen molar-refractivity contribution in [2.24, 2.45) is 17.6 Å². The van der Waals surface area contributed by atoms with Crippen molar-refractivity contribution in [3.63, 3.8) is 0 Å². The number of sulfonamides is 1. The third-order valence-corrected chi connectivity index (χ3v) is 9.06. The number of rotatable bonds is 12. The molecule has 0 heterocycles. The molecule has 3 aromatic rings. The lowest BCUT2D eigenvalue weighted by molar-refractivity contribution is -0.122. The molecular formula is C32H43N3O4S. The minimum atomic E-state index is -3.82. The maximum absolute atomic E-state index is 13.2. The van der Waals surface area contributed by atoms with Gasteiger partial charge in [0.1, 0.15) is 0 Å². The van der Waals surface area contributed by atoms with Crippen molar-refractivity contribution < 1.29 is 18.3 Å². The Morgan fingerprint density at radius 2 is 1.50 bits per heavy atom. The summed E-state index contributed by atoms with van der Waals surface area (Å²) in [6.07, 6.45) is 4.05. The molecule has 0 fully saturated rings. The van der Waals surface area contributed by atoms with Gasteiger partial charge in [-0.1, -0.05) is 68.4 Å². The lowest BCUT2D eigenvalue weighted by atomic mass is 9.93. The van der Waals surface area contributed by atoms with E-state index in [-0.39, 0.29) is 30.3 Å². The number of primary amides is 1. The average molecular weight is 566 g/mol. The number of aliphatic hydroxyl groups excluding tert-OH is 1. The van der Waals surface area contributed by atoms with E-state index >= 15 is 0 Å². The Bertz CT molecular complexity index is 1290. The van der Waals surface area contributed by atoms with E-state index in [0.717, 1.165) is 5.56 Å². The first-order valence-electron chi connectivity index (χ1n) is 14.0. The van der Waals surface area contributed by atoms with Crippen LogP contribution in [-0.4, -0.2) is 42.9 Å². The number of hydrogen-bond acceptors (Lipinski definition) is 5. The quantitative estimate of drug-likeness (QED) is 0.277. The molecule has 0 aromatic heterocycles. The van der Waals surface area contributed by atoms with Crippen LogP contribution in [0.4, 0.5) is 5.69 Å². The van der Waals surface area contributed by atoms with Crippen LogP contribution in [0.2, 0.25) is 0 Å². The first-order valence-corrected chi connectivity index (χ1v) is 15.4. The second kappa shape index (κ2) is 15.0. The zero-order chi connectivity index (χ0) is 29.1. The highest BCUT2D eigenvalue weighted by Crippen LogP contribution is 2.22. The molecule has 3 aromatic carbocycles. The van der Waals surface area contributed by atoms with Crippen molar-refractivity contribution in [1.82, 2.24) is 4.31 Å². The number of carbonyl (C=O) groups excluding carboxylic acids is 1. The average Bonchev–Trinajstić information content (AvgIpc) is 3.41. The van der Waals surface area contributed by atoms with Gasteiger partial charge in [0.2, 0.25) is 15.9 Å². The van der Waals surface area contributed by atoms with Crippen LogP contribution in [0.15, 0.2) is 83.8 Å². The molecule has 2 atom stereocenters. The fraction of sp³-hybridized carbons (Fsp3) is 0.406. The van der Waals surface area contributed by atoms with Crippen molar-refractivity contribution in [2.45, 2.75) is 63.4 Å². The number of nitrogens with zero attached hydrogens (tertiary/aromatic N) is 1. The number of anilines is 1. The van der Waals surface area contributed by atoms with Crippen molar-refractivity contribution in [3.05, 3.63) is 95.6 Å². The van der Waals surface area contributed by atoms with Gasteiger partial charge < -0.3 is 16.6 Å². The monoisotopic (exact) mass is 565 g/mol. The number of fused-ring (bicyclic) bond motifs is 1. The van der Waals surface area contributed by atoms with Gasteiger partial charge in [-0.2, -0.15) is 4.31 Å². The zero-order valence-corrected chi connectivity index (χ0v) is 24.4. The molecule has 7 nitrogen and oxygen atoms in total. The number of hydrogen-bond donors (Lipinski definition) is 3. The van der Waals surface area contributed by atoms with E-state index in [2.05, 4.69) is 24.3 Å². The van der Waals surface area contributed by atoms with Gasteiger partial charge in [0, 0.05) is 24.7 Å². The molecular weight excluding hydrogens is 522 g/mol. The number of carbonyl (C=O) groups is 1. The van der Waals surface area contributed by atoms with Crippen LogP contribution in [0.5, 0.6) is 0 Å². The minimum absolute atomic E-state index is 0.0830. The topological polar surface area (TPSA) is 127 Å². The van der Waals surface area contributed by atoms with Crippen LogP contribution in [0.1, 0.15) is 49.8 Å². The Morgan fingerprint density at radius 1 is 0.925 bits per heavy atom. The van der Waals surface area contributed by atoms with E-state index in [0.29, 0.717) is 18.5 Å². The van der Waals surface area contributed by atoms with Crippen LogP contribution < -0.4 is 11.5 Å². The number of nitrogens with two attached hydrogens (primary N) is 2. The smallest absolute Gasteiger partial charge is 0.243 e. The molecule has 4 rings (SSSR count). The van der Waals surface area contributed by atoms with E-state index in [9.17, 15) is 18.3 Å². The van der Waals surface area contributed by atoms with Gasteiger partial charge in [0.15, 0.2) is 0 Å². The van der Waals surface area contributed by atoms with Crippen molar-refractivity contribution in [3.8, 4) is 0 Å². The highest BCUT2D eigenvalue weighted by molar-refractivity contribution is 7.89. The summed E-state index contributed by atoms with van der Waals surface area (Å²) in [6, 6.07) is 24.1. The van der Waals surface area contributed by atoms with Crippen molar-refractivity contribution in [1.29, 1.82) is 0 Å². The normalized spacial score (nSPS) is 14.3. The first-order chi connectivity index (χ1) is 19.1. The summed E-state index contributed by atoms with van der Waals surface area (Å²) in [4.78, 5) is 12.1. The molecule has 0 saturated carbocycles. The number of aryl methyl sites for hydroxylation is 2. The second-order valence-electron chi connectivity index (χ2n) is 10.9. The zero-order valence-electron chi connectivity index (χ0n) is 23.6. The Morgan fingerprint density at radius 3 is 2.05 bits per heavy atom. The standard InChI is InChI=1S/C23H33N3O4S.C9H10/c1-17(2)12-13-26(31(29,30)22-10-8-20(24)9-11-22)16-21(27)15-19(23(25)28)14-18-6-4-3-5-7-18;1-2-5-9-7-3-6-8(9)4-1/h3-11,17,19,21,27H,12-16,24H2,1-2H3,(H2,25,28);1-2,4-5H,3,6-7H2/t19-,21+;/m1./s1. The van der Waals surface area contributed by atoms with Gasteiger partial charge in [-0.3, -0.25) is 4.79 Å². The Labute approximate surface area is 239 Å². The first kappa shape index (κ1) is 31.3. The second-order valence-corrected chi connectivity index (χ2v) is 12.9. The predicted molar refractivity (Wildman–Crippen MR) is 161 cm³/mol. The SMILES string of the molecule is CC(C)CCN(C[C@@H](O)C[C@@H](Cc1ccccc1)C(N)=O)S(=O)(=O)c1ccc(N)cc1.c1ccc2c(c1)CCC2. The Kier molecular flexibility index (Phi) is 11.7. The lowest BCUT2D eigenvalue weighted by Gasteiger charge is -2.27. The van der Waals surface area contributed by atoms with Gasteiger partial charge in [0.25, 0.3) is 0 Å². The van der Waals surface area contributed by atoms with E-state index < -0.39 is 28.0 Å². The largest absolute Gasteiger partial charge is 0.399 e. The van der Waals surface area contributed by atoms with Gasteiger partial charge in [-0.25, -0.2) is 8.42 Å². The molecule has 0 radical (unpaired) electrons. The third kappa shape index (κ3) is 9.47. The molecule has 0 bridgehead atoms. The molecule has 5 N–H and O–H groups in total. The van der Waals surface area contributed by atoms with E-state index in [1.54, 1.807) is 11.1 Å². The van der Waals surface area contributed by atoms with Crippen molar-refractivity contribution in [2.75, 3.05) is 18.8 Å². The molecule has 0 aliphatic heterocycles. The van der Waals surface area contributed by atoms with Gasteiger partial charge in [0.05, 0.1) is 11.0 Å². The third-order valence-electron chi connectivity index (χ3n) is 7.18. The number of benzene rings is 3. The minimum Gasteiger partial charge on any atom is -0.399 e. The Balaban J connectivity index is 0.000000407. The molecule has 0 unspecified atom stereocenters. The van der Waals surface area contributed by atoms with Gasteiger partial charge in [-0.05, 0) is 85.4 Å². The number of aliphatic hydroxyl groups is 1. The number of amides is 1. The van der Waals surface area contributed by atoms with Gasteiger partial charge in [-0.15, -0.1) is 0 Å². The number of nitrogen functional groups attached to an aromatic ring is 1. The molecule has 1 amide bonds. The summed E-state index contributed by atoms with van der Waals surface area (Å²) in [7, 11) is -3.82. The maximum Gasteiger partial charge on any atom is 0.243 e. The summed E-state index contributed by atoms with van der Waals surface area (Å²) >= 11 is 0. The molecule has 216 valence electrons.